The molecule has 6 nitrogen and oxygen atoms in total. The number of imide groups is 1. The Labute approximate surface area is 161 Å². The van der Waals surface area contributed by atoms with E-state index >= 15 is 0 Å². The Morgan fingerprint density at radius 3 is 2.00 bits per heavy atom. The van der Waals surface area contributed by atoms with E-state index in [0.29, 0.717) is 5.69 Å². The Balaban J connectivity index is 1.59. The van der Waals surface area contributed by atoms with Crippen molar-refractivity contribution in [2.75, 3.05) is 9.96 Å². The molecule has 5 rings (SSSR count). The van der Waals surface area contributed by atoms with E-state index in [4.69, 9.17) is 4.84 Å². The standard InChI is InChI=1S/C22H17N3O3/c26-21-18-19(15-11-13-23-14-12-15)25(17-9-5-2-6-10-17)28-20(18)22(27)24(21)16-7-3-1-4-8-16/h1-14,18-20H/t18-,19-,20+/m0/s1. The number of pyridine rings is 1. The number of rotatable bonds is 3. The maximum absolute atomic E-state index is 13.3. The van der Waals surface area contributed by atoms with Gasteiger partial charge in [0.05, 0.1) is 17.4 Å². The van der Waals surface area contributed by atoms with E-state index in [1.54, 1.807) is 29.6 Å². The molecule has 3 heterocycles. The van der Waals surface area contributed by atoms with Crippen molar-refractivity contribution in [3.63, 3.8) is 0 Å². The lowest BCUT2D eigenvalue weighted by Gasteiger charge is -2.28. The molecule has 2 aliphatic rings. The summed E-state index contributed by atoms with van der Waals surface area (Å²) in [6.07, 6.45) is 2.51. The van der Waals surface area contributed by atoms with Crippen LogP contribution in [-0.4, -0.2) is 22.9 Å². The molecule has 2 amide bonds. The summed E-state index contributed by atoms with van der Waals surface area (Å²) in [5.41, 5.74) is 2.24. The number of nitrogens with zero attached hydrogens (tertiary/aromatic N) is 3. The zero-order valence-corrected chi connectivity index (χ0v) is 14.9. The van der Waals surface area contributed by atoms with Crippen LogP contribution in [0, 0.1) is 5.92 Å². The Morgan fingerprint density at radius 2 is 1.36 bits per heavy atom. The highest BCUT2D eigenvalue weighted by Crippen LogP contribution is 2.47. The predicted octanol–water partition coefficient (Wildman–Crippen LogP) is 3.13. The third-order valence-electron chi connectivity index (χ3n) is 5.19. The lowest BCUT2D eigenvalue weighted by Crippen LogP contribution is -2.37. The highest BCUT2D eigenvalue weighted by Gasteiger charge is 2.60. The van der Waals surface area contributed by atoms with Crippen molar-refractivity contribution < 1.29 is 14.4 Å². The van der Waals surface area contributed by atoms with E-state index in [-0.39, 0.29) is 11.8 Å². The van der Waals surface area contributed by atoms with E-state index < -0.39 is 18.1 Å². The van der Waals surface area contributed by atoms with Crippen LogP contribution in [0.15, 0.2) is 85.2 Å². The van der Waals surface area contributed by atoms with Crippen LogP contribution in [0.2, 0.25) is 0 Å². The van der Waals surface area contributed by atoms with Crippen molar-refractivity contribution in [2.45, 2.75) is 12.1 Å². The molecule has 0 aliphatic carbocycles. The smallest absolute Gasteiger partial charge is 0.266 e. The average Bonchev–Trinajstić information content (AvgIpc) is 3.26. The first-order valence-electron chi connectivity index (χ1n) is 9.09. The van der Waals surface area contributed by atoms with E-state index in [9.17, 15) is 9.59 Å². The van der Waals surface area contributed by atoms with E-state index in [1.165, 1.54) is 4.90 Å². The molecule has 0 unspecified atom stereocenters. The minimum absolute atomic E-state index is 0.249. The molecule has 0 saturated carbocycles. The third kappa shape index (κ3) is 2.50. The van der Waals surface area contributed by atoms with Crippen LogP contribution < -0.4 is 9.96 Å². The van der Waals surface area contributed by atoms with Gasteiger partial charge in [0.25, 0.3) is 5.91 Å². The van der Waals surface area contributed by atoms with Gasteiger partial charge in [0.1, 0.15) is 5.92 Å². The molecule has 2 saturated heterocycles. The summed E-state index contributed by atoms with van der Waals surface area (Å²) in [5.74, 6) is -1.21. The number of aromatic nitrogens is 1. The quantitative estimate of drug-likeness (QED) is 0.662. The average molecular weight is 371 g/mol. The number of hydroxylamine groups is 1. The van der Waals surface area contributed by atoms with Crippen LogP contribution in [-0.2, 0) is 14.4 Å². The second kappa shape index (κ2) is 6.58. The molecule has 0 radical (unpaired) electrons. The fraction of sp³-hybridized carbons (Fsp3) is 0.136. The molecular weight excluding hydrogens is 354 g/mol. The zero-order valence-electron chi connectivity index (χ0n) is 14.9. The summed E-state index contributed by atoms with van der Waals surface area (Å²) in [4.78, 5) is 37.8. The van der Waals surface area contributed by atoms with Gasteiger partial charge in [-0.15, -0.1) is 0 Å². The summed E-state index contributed by atoms with van der Waals surface area (Å²) in [6.45, 7) is 0. The van der Waals surface area contributed by atoms with Crippen molar-refractivity contribution in [3.05, 3.63) is 90.8 Å². The topological polar surface area (TPSA) is 62.7 Å². The van der Waals surface area contributed by atoms with E-state index in [1.807, 2.05) is 60.7 Å². The first-order chi connectivity index (χ1) is 13.8. The Bertz CT molecular complexity index is 1010. The van der Waals surface area contributed by atoms with Crippen molar-refractivity contribution in [1.82, 2.24) is 4.98 Å². The van der Waals surface area contributed by atoms with Gasteiger partial charge in [-0.05, 0) is 42.0 Å². The van der Waals surface area contributed by atoms with Crippen molar-refractivity contribution in [1.29, 1.82) is 0 Å². The maximum Gasteiger partial charge on any atom is 0.266 e. The van der Waals surface area contributed by atoms with Crippen molar-refractivity contribution in [3.8, 4) is 0 Å². The normalized spacial score (nSPS) is 23.9. The van der Waals surface area contributed by atoms with Gasteiger partial charge in [0, 0.05) is 12.4 Å². The first kappa shape index (κ1) is 16.6. The second-order valence-electron chi connectivity index (χ2n) is 6.79. The zero-order chi connectivity index (χ0) is 19.1. The summed E-state index contributed by atoms with van der Waals surface area (Å²) in [5, 5.41) is 1.68. The SMILES string of the molecule is O=C1[C@@H]2[C@@H](ON(c3ccccc3)[C@H]2c2ccncc2)C(=O)N1c1ccccc1. The van der Waals surface area contributed by atoms with Gasteiger partial charge in [-0.1, -0.05) is 36.4 Å². The number of amides is 2. The van der Waals surface area contributed by atoms with Gasteiger partial charge in [0.15, 0.2) is 6.10 Å². The fourth-order valence-electron chi connectivity index (χ4n) is 3.94. The third-order valence-corrected chi connectivity index (χ3v) is 5.19. The highest BCUT2D eigenvalue weighted by molar-refractivity contribution is 6.23. The molecule has 1 aromatic heterocycles. The molecule has 0 N–H and O–H groups in total. The van der Waals surface area contributed by atoms with E-state index in [0.717, 1.165) is 11.3 Å². The van der Waals surface area contributed by atoms with Crippen LogP contribution >= 0.6 is 0 Å². The largest absolute Gasteiger partial charge is 0.273 e. The van der Waals surface area contributed by atoms with Gasteiger partial charge in [-0.3, -0.25) is 19.4 Å². The highest BCUT2D eigenvalue weighted by atomic mass is 16.7. The van der Waals surface area contributed by atoms with Crippen molar-refractivity contribution in [2.24, 2.45) is 5.92 Å². The minimum Gasteiger partial charge on any atom is -0.273 e. The summed E-state index contributed by atoms with van der Waals surface area (Å²) in [6, 6.07) is 21.8. The predicted molar refractivity (Wildman–Crippen MR) is 103 cm³/mol. The Kier molecular flexibility index (Phi) is 3.91. The van der Waals surface area contributed by atoms with Gasteiger partial charge in [0.2, 0.25) is 5.91 Å². The first-order valence-corrected chi connectivity index (χ1v) is 9.09. The van der Waals surface area contributed by atoms with Gasteiger partial charge < -0.3 is 0 Å². The number of para-hydroxylation sites is 2. The molecule has 3 aromatic rings. The van der Waals surface area contributed by atoms with Gasteiger partial charge >= 0.3 is 0 Å². The van der Waals surface area contributed by atoms with Gasteiger partial charge in [-0.25, -0.2) is 9.96 Å². The van der Waals surface area contributed by atoms with Crippen LogP contribution in [0.25, 0.3) is 0 Å². The molecule has 6 heteroatoms. The molecule has 3 atom stereocenters. The minimum atomic E-state index is -0.855. The molecule has 2 aromatic carbocycles. The van der Waals surface area contributed by atoms with Crippen LogP contribution in [0.5, 0.6) is 0 Å². The lowest BCUT2D eigenvalue weighted by molar-refractivity contribution is -0.126. The summed E-state index contributed by atoms with van der Waals surface area (Å²) < 4.78 is 0. The second-order valence-corrected chi connectivity index (χ2v) is 6.79. The fourth-order valence-corrected chi connectivity index (χ4v) is 3.94. The number of hydrogen-bond acceptors (Lipinski definition) is 5. The van der Waals surface area contributed by atoms with Crippen LogP contribution in [0.3, 0.4) is 0 Å². The molecule has 28 heavy (non-hydrogen) atoms. The number of fused-ring (bicyclic) bond motifs is 1. The van der Waals surface area contributed by atoms with Crippen molar-refractivity contribution >= 4 is 23.2 Å². The number of carbonyl (C=O) groups is 2. The summed E-state index contributed by atoms with van der Waals surface area (Å²) >= 11 is 0. The van der Waals surface area contributed by atoms with E-state index in [2.05, 4.69) is 4.98 Å². The van der Waals surface area contributed by atoms with Crippen LogP contribution in [0.4, 0.5) is 11.4 Å². The lowest BCUT2D eigenvalue weighted by atomic mass is 9.91. The van der Waals surface area contributed by atoms with Crippen LogP contribution in [0.1, 0.15) is 11.6 Å². The Morgan fingerprint density at radius 1 is 0.750 bits per heavy atom. The monoisotopic (exact) mass is 371 g/mol. The molecule has 0 spiro atoms. The summed E-state index contributed by atoms with van der Waals surface area (Å²) in [7, 11) is 0. The molecule has 2 aliphatic heterocycles. The van der Waals surface area contributed by atoms with Gasteiger partial charge in [-0.2, -0.15) is 0 Å². The number of benzene rings is 2. The Hall–Kier alpha value is -3.51. The molecular formula is C22H17N3O3. The maximum atomic E-state index is 13.3. The molecule has 0 bridgehead atoms. The molecule has 138 valence electrons. The number of hydrogen-bond donors (Lipinski definition) is 0. The molecule has 2 fully saturated rings. The number of carbonyl (C=O) groups excluding carboxylic acids is 2. The number of anilines is 2.